The van der Waals surface area contributed by atoms with Crippen molar-refractivity contribution in [1.29, 1.82) is 0 Å². The van der Waals surface area contributed by atoms with E-state index in [1.807, 2.05) is 0 Å². The van der Waals surface area contributed by atoms with Crippen LogP contribution in [-0.4, -0.2) is 62.2 Å². The van der Waals surface area contributed by atoms with E-state index in [1.54, 1.807) is 24.0 Å². The summed E-state index contributed by atoms with van der Waals surface area (Å²) >= 11 is 0. The summed E-state index contributed by atoms with van der Waals surface area (Å²) in [6, 6.07) is 4.42. The molecular weight excluding hydrogens is 371 g/mol. The maximum atomic E-state index is 14.6. The first-order chi connectivity index (χ1) is 13.5. The molecule has 150 valence electrons. The molecule has 2 aliphatic heterocycles. The molecule has 1 saturated heterocycles. The van der Waals surface area contributed by atoms with E-state index in [0.29, 0.717) is 43.9 Å². The number of amides is 2. The summed E-state index contributed by atoms with van der Waals surface area (Å²) in [4.78, 5) is 37.2. The summed E-state index contributed by atoms with van der Waals surface area (Å²) in [5.74, 6) is -0.866. The number of esters is 1. The highest BCUT2D eigenvalue weighted by Gasteiger charge is 2.33. The van der Waals surface area contributed by atoms with Crippen LogP contribution in [-0.2, 0) is 19.1 Å². The largest absolute Gasteiger partial charge is 0.466 e. The fourth-order valence-electron chi connectivity index (χ4n) is 3.01. The molecule has 0 unspecified atom stereocenters. The van der Waals surface area contributed by atoms with Crippen molar-refractivity contribution < 1.29 is 28.2 Å². The van der Waals surface area contributed by atoms with Gasteiger partial charge >= 0.3 is 12.1 Å². The zero-order valence-electron chi connectivity index (χ0n) is 15.4. The van der Waals surface area contributed by atoms with E-state index in [1.165, 1.54) is 22.3 Å². The average molecular weight is 392 g/mol. The molecule has 0 radical (unpaired) electrons. The second kappa shape index (κ2) is 8.68. The molecule has 1 aromatic carbocycles. The Labute approximate surface area is 161 Å². The number of ether oxygens (including phenoxy) is 2. The van der Waals surface area contributed by atoms with E-state index in [4.69, 9.17) is 9.47 Å². The lowest BCUT2D eigenvalue weighted by molar-refractivity contribution is -0.143. The predicted molar refractivity (Wildman–Crippen MR) is 98.5 cm³/mol. The van der Waals surface area contributed by atoms with Crippen LogP contribution in [0.3, 0.4) is 0 Å². The van der Waals surface area contributed by atoms with Gasteiger partial charge < -0.3 is 14.4 Å². The van der Waals surface area contributed by atoms with Gasteiger partial charge in [-0.25, -0.2) is 14.2 Å². The van der Waals surface area contributed by atoms with Gasteiger partial charge in [-0.15, -0.1) is 0 Å². The number of benzene rings is 1. The molecule has 28 heavy (non-hydrogen) atoms. The van der Waals surface area contributed by atoms with Gasteiger partial charge in [0.2, 0.25) is 6.41 Å². The molecule has 0 bridgehead atoms. The SMILES string of the molecule is CCOC(=O)CC[C@H]1CN(c2ccc(N3C=NN(C=O)CC3)c(F)c2)C(=O)O1. The molecule has 0 N–H and O–H groups in total. The van der Waals surface area contributed by atoms with Gasteiger partial charge in [0.25, 0.3) is 0 Å². The smallest absolute Gasteiger partial charge is 0.414 e. The van der Waals surface area contributed by atoms with Gasteiger partial charge in [0.15, 0.2) is 0 Å². The number of hydrogen-bond acceptors (Lipinski definition) is 7. The minimum atomic E-state index is -0.581. The van der Waals surface area contributed by atoms with Crippen molar-refractivity contribution in [3.05, 3.63) is 24.0 Å². The van der Waals surface area contributed by atoms with Gasteiger partial charge in [0, 0.05) is 13.0 Å². The highest BCUT2D eigenvalue weighted by Crippen LogP contribution is 2.28. The first-order valence-electron chi connectivity index (χ1n) is 8.97. The highest BCUT2D eigenvalue weighted by atomic mass is 19.1. The van der Waals surface area contributed by atoms with E-state index in [-0.39, 0.29) is 18.9 Å². The number of hydrazone groups is 1. The fraction of sp³-hybridized carbons (Fsp3) is 0.444. The van der Waals surface area contributed by atoms with Gasteiger partial charge in [-0.2, -0.15) is 5.10 Å². The van der Waals surface area contributed by atoms with Gasteiger partial charge in [-0.05, 0) is 31.5 Å². The number of carbonyl (C=O) groups is 3. The predicted octanol–water partition coefficient (Wildman–Crippen LogP) is 1.72. The lowest BCUT2D eigenvalue weighted by Gasteiger charge is -2.27. The zero-order chi connectivity index (χ0) is 20.1. The molecule has 10 heteroatoms. The van der Waals surface area contributed by atoms with E-state index in [2.05, 4.69) is 5.10 Å². The van der Waals surface area contributed by atoms with Crippen LogP contribution in [0.1, 0.15) is 19.8 Å². The molecule has 9 nitrogen and oxygen atoms in total. The average Bonchev–Trinajstić information content (AvgIpc) is 3.07. The Hall–Kier alpha value is -3.17. The summed E-state index contributed by atoms with van der Waals surface area (Å²) in [5.41, 5.74) is 0.665. The molecule has 0 aliphatic carbocycles. The summed E-state index contributed by atoms with van der Waals surface area (Å²) in [6.07, 6.45) is 1.44. The maximum absolute atomic E-state index is 14.6. The van der Waals surface area contributed by atoms with Crippen molar-refractivity contribution in [1.82, 2.24) is 5.01 Å². The molecule has 2 heterocycles. The molecule has 2 amide bonds. The Morgan fingerprint density at radius 3 is 2.89 bits per heavy atom. The first-order valence-corrected chi connectivity index (χ1v) is 8.97. The van der Waals surface area contributed by atoms with E-state index >= 15 is 0 Å². The normalized spacial score (nSPS) is 19.0. The molecular formula is C18H21FN4O5. The quantitative estimate of drug-likeness (QED) is 0.518. The van der Waals surface area contributed by atoms with Crippen molar-refractivity contribution in [2.24, 2.45) is 5.10 Å². The topological polar surface area (TPSA) is 91.8 Å². The monoisotopic (exact) mass is 392 g/mol. The molecule has 1 aromatic rings. The molecule has 3 rings (SSSR count). The van der Waals surface area contributed by atoms with Crippen LogP contribution in [0.15, 0.2) is 23.3 Å². The van der Waals surface area contributed by atoms with Crippen molar-refractivity contribution in [3.63, 3.8) is 0 Å². The highest BCUT2D eigenvalue weighted by molar-refractivity contribution is 5.90. The molecule has 1 fully saturated rings. The second-order valence-electron chi connectivity index (χ2n) is 6.29. The molecule has 0 aromatic heterocycles. The molecule has 2 aliphatic rings. The van der Waals surface area contributed by atoms with Crippen LogP contribution >= 0.6 is 0 Å². The van der Waals surface area contributed by atoms with Crippen molar-refractivity contribution in [3.8, 4) is 0 Å². The third-order valence-electron chi connectivity index (χ3n) is 4.43. The van der Waals surface area contributed by atoms with E-state index < -0.39 is 18.0 Å². The number of cyclic esters (lactones) is 1. The third kappa shape index (κ3) is 4.38. The Morgan fingerprint density at radius 1 is 1.43 bits per heavy atom. The molecule has 0 saturated carbocycles. The second-order valence-corrected chi connectivity index (χ2v) is 6.29. The number of nitrogens with zero attached hydrogens (tertiary/aromatic N) is 4. The first kappa shape index (κ1) is 19.6. The standard InChI is InChI=1S/C18H21FN4O5/c1-2-27-17(25)6-4-14-10-23(18(26)28-14)13-3-5-16(15(19)9-13)21-7-8-22(12-24)20-11-21/h3,5,9,11-12,14H,2,4,6-8,10H2,1H3/t14-/m0/s1. The number of anilines is 2. The molecule has 0 spiro atoms. The van der Waals surface area contributed by atoms with Crippen molar-refractivity contribution in [2.45, 2.75) is 25.9 Å². The number of rotatable bonds is 7. The Kier molecular flexibility index (Phi) is 6.07. The minimum absolute atomic E-state index is 0.152. The van der Waals surface area contributed by atoms with Crippen LogP contribution in [0.25, 0.3) is 0 Å². The van der Waals surface area contributed by atoms with Crippen molar-refractivity contribution in [2.75, 3.05) is 36.0 Å². The maximum Gasteiger partial charge on any atom is 0.414 e. The summed E-state index contributed by atoms with van der Waals surface area (Å²) in [5, 5.41) is 5.12. The fourth-order valence-corrected chi connectivity index (χ4v) is 3.01. The van der Waals surface area contributed by atoms with E-state index in [9.17, 15) is 18.8 Å². The van der Waals surface area contributed by atoms with E-state index in [0.717, 1.165) is 0 Å². The van der Waals surface area contributed by atoms with Crippen LogP contribution in [0.2, 0.25) is 0 Å². The number of carbonyl (C=O) groups excluding carboxylic acids is 3. The Morgan fingerprint density at radius 2 is 2.25 bits per heavy atom. The van der Waals surface area contributed by atoms with Crippen LogP contribution in [0, 0.1) is 5.82 Å². The van der Waals surface area contributed by atoms with Gasteiger partial charge in [0.05, 0.1) is 31.1 Å². The summed E-state index contributed by atoms with van der Waals surface area (Å²) < 4.78 is 24.7. The van der Waals surface area contributed by atoms with Crippen LogP contribution in [0.5, 0.6) is 0 Å². The van der Waals surface area contributed by atoms with Crippen molar-refractivity contribution >= 4 is 36.2 Å². The zero-order valence-corrected chi connectivity index (χ0v) is 15.4. The minimum Gasteiger partial charge on any atom is -0.466 e. The van der Waals surface area contributed by atoms with Gasteiger partial charge in [0.1, 0.15) is 18.3 Å². The number of halogens is 1. The summed E-state index contributed by atoms with van der Waals surface area (Å²) in [6.45, 7) is 3.01. The lowest BCUT2D eigenvalue weighted by Crippen LogP contribution is -2.37. The summed E-state index contributed by atoms with van der Waals surface area (Å²) in [7, 11) is 0. The van der Waals surface area contributed by atoms with Gasteiger partial charge in [-0.1, -0.05) is 0 Å². The third-order valence-corrected chi connectivity index (χ3v) is 4.43. The van der Waals surface area contributed by atoms with Crippen LogP contribution < -0.4 is 9.80 Å². The Bertz CT molecular complexity index is 787. The van der Waals surface area contributed by atoms with Gasteiger partial charge in [-0.3, -0.25) is 14.5 Å². The Balaban J connectivity index is 1.64. The van der Waals surface area contributed by atoms with Crippen LogP contribution in [0.4, 0.5) is 20.6 Å². The molecule has 1 atom stereocenters. The lowest BCUT2D eigenvalue weighted by atomic mass is 10.2. The number of hydrogen-bond donors (Lipinski definition) is 0.